The van der Waals surface area contributed by atoms with Crippen molar-refractivity contribution in [3.8, 4) is 0 Å². The van der Waals surface area contributed by atoms with E-state index in [0.717, 1.165) is 0 Å². The smallest absolute Gasteiger partial charge is 0.244 e. The van der Waals surface area contributed by atoms with Crippen molar-refractivity contribution in [2.45, 2.75) is 6.04 Å². The zero-order chi connectivity index (χ0) is 19.4. The minimum Gasteiger partial charge on any atom is -0.338 e. The van der Waals surface area contributed by atoms with Crippen molar-refractivity contribution in [3.05, 3.63) is 93.7 Å². The van der Waals surface area contributed by atoms with E-state index in [1.807, 2.05) is 0 Å². The highest BCUT2D eigenvalue weighted by atomic mass is 35.5. The predicted molar refractivity (Wildman–Crippen MR) is 105 cm³/mol. The van der Waals surface area contributed by atoms with Crippen LogP contribution in [0.15, 0.2) is 60.9 Å². The first-order chi connectivity index (χ1) is 13.0. The minimum absolute atomic E-state index is 0.332. The number of carbonyl (C=O) groups is 1. The maximum absolute atomic E-state index is 14.3. The number of nitrogens with zero attached hydrogens (tertiary/aromatic N) is 2. The molecule has 0 saturated carbocycles. The van der Waals surface area contributed by atoms with Crippen LogP contribution in [-0.2, 0) is 11.8 Å². The zero-order valence-corrected chi connectivity index (χ0v) is 15.9. The second kappa shape index (κ2) is 8.37. The summed E-state index contributed by atoms with van der Waals surface area (Å²) < 4.78 is 16.1. The summed E-state index contributed by atoms with van der Waals surface area (Å²) in [6.07, 6.45) is 6.24. The van der Waals surface area contributed by atoms with Gasteiger partial charge in [0.25, 0.3) is 0 Å². The molecular formula is C20H16Cl2FN3O. The molecule has 0 bridgehead atoms. The van der Waals surface area contributed by atoms with Gasteiger partial charge in [-0.1, -0.05) is 47.5 Å². The van der Waals surface area contributed by atoms with Crippen LogP contribution in [0.2, 0.25) is 10.0 Å². The maximum Gasteiger partial charge on any atom is 0.244 e. The van der Waals surface area contributed by atoms with Crippen molar-refractivity contribution in [1.82, 2.24) is 14.9 Å². The van der Waals surface area contributed by atoms with Gasteiger partial charge in [-0.2, -0.15) is 0 Å². The Labute approximate surface area is 166 Å². The standard InChI is InChI=1S/C20H16Cl2FN3O/c1-26-11-10-24-20(26)19(15-4-2-3-5-17(15)23)25-18(27)9-7-13-6-8-14(21)12-16(13)22/h2-12,19H,1H3,(H,25,27)/b9-7+. The quantitative estimate of drug-likeness (QED) is 0.622. The molecule has 27 heavy (non-hydrogen) atoms. The van der Waals surface area contributed by atoms with Crippen molar-refractivity contribution < 1.29 is 9.18 Å². The molecule has 0 aliphatic heterocycles. The van der Waals surface area contributed by atoms with Gasteiger partial charge >= 0.3 is 0 Å². The fraction of sp³-hybridized carbons (Fsp3) is 0.100. The fourth-order valence-corrected chi connectivity index (χ4v) is 3.11. The number of benzene rings is 2. The molecule has 0 spiro atoms. The lowest BCUT2D eigenvalue weighted by molar-refractivity contribution is -0.117. The molecule has 1 atom stereocenters. The number of carbonyl (C=O) groups excluding carboxylic acids is 1. The van der Waals surface area contributed by atoms with Crippen LogP contribution in [0.3, 0.4) is 0 Å². The number of nitrogens with one attached hydrogen (secondary N) is 1. The van der Waals surface area contributed by atoms with Gasteiger partial charge < -0.3 is 9.88 Å². The van der Waals surface area contributed by atoms with E-state index in [1.165, 1.54) is 12.1 Å². The SMILES string of the molecule is Cn1ccnc1C(NC(=O)/C=C/c1ccc(Cl)cc1Cl)c1ccccc1F. The van der Waals surface area contributed by atoms with Crippen LogP contribution in [-0.4, -0.2) is 15.5 Å². The van der Waals surface area contributed by atoms with Crippen LogP contribution in [0.1, 0.15) is 23.0 Å². The predicted octanol–water partition coefficient (Wildman–Crippen LogP) is 4.79. The molecule has 1 aromatic heterocycles. The summed E-state index contributed by atoms with van der Waals surface area (Å²) in [5.74, 6) is -0.306. The highest BCUT2D eigenvalue weighted by Gasteiger charge is 2.22. The van der Waals surface area contributed by atoms with Gasteiger partial charge in [0.05, 0.1) is 0 Å². The van der Waals surface area contributed by atoms with Gasteiger partial charge in [0.15, 0.2) is 0 Å². The zero-order valence-electron chi connectivity index (χ0n) is 14.4. The van der Waals surface area contributed by atoms with E-state index in [9.17, 15) is 9.18 Å². The molecule has 1 unspecified atom stereocenters. The molecule has 1 amide bonds. The minimum atomic E-state index is -0.732. The summed E-state index contributed by atoms with van der Waals surface area (Å²) in [5.41, 5.74) is 0.980. The molecule has 7 heteroatoms. The summed E-state index contributed by atoms with van der Waals surface area (Å²) in [6.45, 7) is 0. The van der Waals surface area contributed by atoms with E-state index in [1.54, 1.807) is 66.5 Å². The molecule has 0 aliphatic rings. The van der Waals surface area contributed by atoms with Crippen molar-refractivity contribution >= 4 is 35.2 Å². The summed E-state index contributed by atoms with van der Waals surface area (Å²) in [4.78, 5) is 16.7. The number of rotatable bonds is 5. The van der Waals surface area contributed by atoms with Crippen molar-refractivity contribution in [2.24, 2.45) is 7.05 Å². The Hall–Kier alpha value is -2.63. The molecule has 0 saturated heterocycles. The first-order valence-corrected chi connectivity index (χ1v) is 8.86. The number of hydrogen-bond acceptors (Lipinski definition) is 2. The Kier molecular flexibility index (Phi) is 5.94. The third-order valence-corrected chi connectivity index (χ3v) is 4.56. The monoisotopic (exact) mass is 403 g/mol. The van der Waals surface area contributed by atoms with E-state index in [-0.39, 0.29) is 0 Å². The van der Waals surface area contributed by atoms with Crippen LogP contribution < -0.4 is 5.32 Å². The molecule has 0 fully saturated rings. The normalized spacial score (nSPS) is 12.3. The molecule has 138 valence electrons. The van der Waals surface area contributed by atoms with Crippen LogP contribution in [0.5, 0.6) is 0 Å². The van der Waals surface area contributed by atoms with Gasteiger partial charge in [-0.15, -0.1) is 0 Å². The molecule has 1 N–H and O–H groups in total. The summed E-state index contributed by atoms with van der Waals surface area (Å²) in [6, 6.07) is 10.5. The average molecular weight is 404 g/mol. The number of aryl methyl sites for hydroxylation is 1. The maximum atomic E-state index is 14.3. The first-order valence-electron chi connectivity index (χ1n) is 8.11. The second-order valence-electron chi connectivity index (χ2n) is 5.86. The highest BCUT2D eigenvalue weighted by molar-refractivity contribution is 6.35. The van der Waals surface area contributed by atoms with Gasteiger partial charge in [0, 0.05) is 41.1 Å². The number of aromatic nitrogens is 2. The molecule has 4 nitrogen and oxygen atoms in total. The van der Waals surface area contributed by atoms with Gasteiger partial charge in [0.2, 0.25) is 5.91 Å². The molecule has 3 aromatic rings. The van der Waals surface area contributed by atoms with Crippen molar-refractivity contribution in [3.63, 3.8) is 0 Å². The molecule has 0 radical (unpaired) electrons. The Morgan fingerprint density at radius 2 is 2.04 bits per heavy atom. The molecule has 1 heterocycles. The number of halogens is 3. The number of imidazole rings is 1. The van der Waals surface area contributed by atoms with Crippen LogP contribution in [0, 0.1) is 5.82 Å². The van der Waals surface area contributed by atoms with Crippen LogP contribution in [0.25, 0.3) is 6.08 Å². The van der Waals surface area contributed by atoms with Gasteiger partial charge in [-0.25, -0.2) is 9.37 Å². The van der Waals surface area contributed by atoms with Crippen LogP contribution >= 0.6 is 23.2 Å². The second-order valence-corrected chi connectivity index (χ2v) is 6.70. The van der Waals surface area contributed by atoms with Gasteiger partial charge in [-0.3, -0.25) is 4.79 Å². The van der Waals surface area contributed by atoms with Gasteiger partial charge in [0.1, 0.15) is 17.7 Å². The summed E-state index contributed by atoms with van der Waals surface area (Å²) in [5, 5.41) is 3.74. The Bertz CT molecular complexity index is 1000. The van der Waals surface area contributed by atoms with E-state index in [0.29, 0.717) is 27.0 Å². The molecule has 2 aromatic carbocycles. The Balaban J connectivity index is 1.86. The summed E-state index contributed by atoms with van der Waals surface area (Å²) in [7, 11) is 1.78. The van der Waals surface area contributed by atoms with Gasteiger partial charge in [-0.05, 0) is 29.8 Å². The Morgan fingerprint density at radius 1 is 1.26 bits per heavy atom. The lowest BCUT2D eigenvalue weighted by Gasteiger charge is -2.19. The third-order valence-electron chi connectivity index (χ3n) is 4.00. The average Bonchev–Trinajstić information content (AvgIpc) is 3.05. The molecule has 0 aliphatic carbocycles. The topological polar surface area (TPSA) is 46.9 Å². The lowest BCUT2D eigenvalue weighted by atomic mass is 10.1. The first kappa shape index (κ1) is 19.1. The van der Waals surface area contributed by atoms with E-state index in [2.05, 4.69) is 10.3 Å². The van der Waals surface area contributed by atoms with Crippen LogP contribution in [0.4, 0.5) is 4.39 Å². The molecule has 3 rings (SSSR count). The molecular weight excluding hydrogens is 388 g/mol. The van der Waals surface area contributed by atoms with E-state index >= 15 is 0 Å². The fourth-order valence-electron chi connectivity index (χ4n) is 2.64. The van der Waals surface area contributed by atoms with Crippen molar-refractivity contribution in [1.29, 1.82) is 0 Å². The van der Waals surface area contributed by atoms with E-state index < -0.39 is 17.8 Å². The summed E-state index contributed by atoms with van der Waals surface area (Å²) >= 11 is 12.0. The third kappa shape index (κ3) is 4.56. The highest BCUT2D eigenvalue weighted by Crippen LogP contribution is 2.24. The lowest BCUT2D eigenvalue weighted by Crippen LogP contribution is -2.30. The Morgan fingerprint density at radius 3 is 2.70 bits per heavy atom. The van der Waals surface area contributed by atoms with Crippen molar-refractivity contribution in [2.75, 3.05) is 0 Å². The number of amides is 1. The van der Waals surface area contributed by atoms with E-state index in [4.69, 9.17) is 23.2 Å². The number of hydrogen-bond donors (Lipinski definition) is 1. The largest absolute Gasteiger partial charge is 0.338 e.